The first kappa shape index (κ1) is 36.1. The van der Waals surface area contributed by atoms with Gasteiger partial charge < -0.3 is 35.1 Å². The summed E-state index contributed by atoms with van der Waals surface area (Å²) in [6.45, 7) is 4.31. The third kappa shape index (κ3) is 7.61. The second kappa shape index (κ2) is 15.8. The van der Waals surface area contributed by atoms with Gasteiger partial charge in [0.2, 0.25) is 11.8 Å². The van der Waals surface area contributed by atoms with Gasteiger partial charge in [-0.25, -0.2) is 14.8 Å². The molecule has 0 radical (unpaired) electrons. The number of rotatable bonds is 10. The van der Waals surface area contributed by atoms with Crippen molar-refractivity contribution in [1.29, 1.82) is 0 Å². The predicted molar refractivity (Wildman–Crippen MR) is 202 cm³/mol. The van der Waals surface area contributed by atoms with Gasteiger partial charge in [-0.3, -0.25) is 14.4 Å². The van der Waals surface area contributed by atoms with Gasteiger partial charge in [0.05, 0.1) is 43.0 Å². The number of likely N-dealkylation sites (tertiary alicyclic amines) is 2. The minimum absolute atomic E-state index is 0.106. The van der Waals surface area contributed by atoms with Crippen molar-refractivity contribution in [3.05, 3.63) is 108 Å². The number of methoxy groups -OCH3 is 1. The van der Waals surface area contributed by atoms with Crippen LogP contribution in [-0.2, 0) is 19.1 Å². The van der Waals surface area contributed by atoms with E-state index in [0.717, 1.165) is 65.1 Å². The van der Waals surface area contributed by atoms with E-state index < -0.39 is 18.2 Å². The van der Waals surface area contributed by atoms with Gasteiger partial charge in [0.15, 0.2) is 0 Å². The number of aromatic nitrogens is 4. The van der Waals surface area contributed by atoms with Crippen LogP contribution in [0.4, 0.5) is 4.79 Å². The molecule has 2 aliphatic rings. The predicted octanol–water partition coefficient (Wildman–Crippen LogP) is 6.08. The zero-order valence-electron chi connectivity index (χ0n) is 30.5. The molecular formula is C41H44N8O5. The Labute approximate surface area is 313 Å². The maximum atomic E-state index is 13.9. The van der Waals surface area contributed by atoms with Crippen molar-refractivity contribution in [1.82, 2.24) is 40.4 Å². The Morgan fingerprint density at radius 1 is 0.704 bits per heavy atom. The van der Waals surface area contributed by atoms with Gasteiger partial charge in [0.1, 0.15) is 23.7 Å². The Balaban J connectivity index is 1.01. The van der Waals surface area contributed by atoms with Crippen LogP contribution in [0.15, 0.2) is 91.3 Å². The van der Waals surface area contributed by atoms with E-state index in [-0.39, 0.29) is 29.8 Å². The number of alkyl carbamates (subject to hydrolysis) is 1. The molecule has 7 rings (SSSR count). The maximum Gasteiger partial charge on any atom is 0.407 e. The molecule has 0 saturated carbocycles. The van der Waals surface area contributed by atoms with Gasteiger partial charge in [0.25, 0.3) is 5.91 Å². The SMILES string of the molecule is COC(=O)N[C@@H](C(=O)N1CCC[C@H]1c1ncc(-c2ccc(-c3ccc(-c4cnc([C@@H]5CCCN5C(=O)[C@H](C)NC(C)=O)[nH]4)cc3)cc2)[nH]1)c1ccccc1. The number of ether oxygens (including phenoxy) is 1. The summed E-state index contributed by atoms with van der Waals surface area (Å²) in [6, 6.07) is 23.8. The molecule has 5 aromatic rings. The molecule has 278 valence electrons. The number of benzene rings is 3. The zero-order chi connectivity index (χ0) is 37.8. The van der Waals surface area contributed by atoms with Crippen LogP contribution in [0.5, 0.6) is 0 Å². The lowest BCUT2D eigenvalue weighted by Crippen LogP contribution is -2.46. The molecule has 13 heteroatoms. The number of nitrogens with zero attached hydrogens (tertiary/aromatic N) is 4. The molecule has 2 aromatic heterocycles. The maximum absolute atomic E-state index is 13.9. The van der Waals surface area contributed by atoms with Crippen molar-refractivity contribution < 1.29 is 23.9 Å². The average molecular weight is 729 g/mol. The van der Waals surface area contributed by atoms with Crippen LogP contribution in [0.2, 0.25) is 0 Å². The third-order valence-corrected chi connectivity index (χ3v) is 10.2. The number of hydrogen-bond acceptors (Lipinski definition) is 7. The first-order valence-electron chi connectivity index (χ1n) is 18.3. The largest absolute Gasteiger partial charge is 0.453 e. The van der Waals surface area contributed by atoms with Crippen molar-refractivity contribution in [3.8, 4) is 33.6 Å². The second-order valence-electron chi connectivity index (χ2n) is 13.8. The molecule has 2 saturated heterocycles. The first-order chi connectivity index (χ1) is 26.2. The summed E-state index contributed by atoms with van der Waals surface area (Å²) in [5.74, 6) is 0.898. The van der Waals surface area contributed by atoms with Crippen LogP contribution < -0.4 is 10.6 Å². The monoisotopic (exact) mass is 728 g/mol. The highest BCUT2D eigenvalue weighted by Crippen LogP contribution is 2.35. The molecule has 13 nitrogen and oxygen atoms in total. The zero-order valence-corrected chi connectivity index (χ0v) is 30.5. The fraction of sp³-hybridized carbons (Fsp3) is 0.317. The fourth-order valence-electron chi connectivity index (χ4n) is 7.51. The molecule has 2 aliphatic heterocycles. The van der Waals surface area contributed by atoms with Gasteiger partial charge >= 0.3 is 6.09 Å². The van der Waals surface area contributed by atoms with Crippen LogP contribution in [0.25, 0.3) is 33.6 Å². The van der Waals surface area contributed by atoms with Crippen LogP contribution >= 0.6 is 0 Å². The summed E-state index contributed by atoms with van der Waals surface area (Å²) < 4.78 is 4.82. The van der Waals surface area contributed by atoms with Crippen LogP contribution in [0.1, 0.15) is 74.9 Å². The van der Waals surface area contributed by atoms with E-state index in [1.54, 1.807) is 29.1 Å². The molecule has 4 atom stereocenters. The Morgan fingerprint density at radius 3 is 1.67 bits per heavy atom. The van der Waals surface area contributed by atoms with Crippen molar-refractivity contribution >= 4 is 23.8 Å². The Bertz CT molecular complexity index is 2110. The molecule has 0 bridgehead atoms. The molecule has 4 heterocycles. The van der Waals surface area contributed by atoms with Gasteiger partial charge in [-0.05, 0) is 60.4 Å². The van der Waals surface area contributed by atoms with E-state index >= 15 is 0 Å². The summed E-state index contributed by atoms with van der Waals surface area (Å²) in [7, 11) is 1.28. The minimum atomic E-state index is -0.876. The van der Waals surface area contributed by atoms with E-state index in [9.17, 15) is 19.2 Å². The van der Waals surface area contributed by atoms with E-state index in [1.807, 2.05) is 42.5 Å². The summed E-state index contributed by atoms with van der Waals surface area (Å²) in [5.41, 5.74) is 6.47. The van der Waals surface area contributed by atoms with Crippen molar-refractivity contribution in [2.45, 2.75) is 63.7 Å². The molecule has 0 aliphatic carbocycles. The highest BCUT2D eigenvalue weighted by molar-refractivity contribution is 5.88. The number of aromatic amines is 2. The lowest BCUT2D eigenvalue weighted by molar-refractivity contribution is -0.136. The molecule has 3 aromatic carbocycles. The number of imidazole rings is 2. The Hall–Kier alpha value is -6.24. The molecule has 0 spiro atoms. The number of carbonyl (C=O) groups is 4. The summed E-state index contributed by atoms with van der Waals surface area (Å²) in [4.78, 5) is 70.4. The summed E-state index contributed by atoms with van der Waals surface area (Å²) in [5, 5.41) is 5.40. The van der Waals surface area contributed by atoms with Gasteiger partial charge in [-0.2, -0.15) is 0 Å². The van der Waals surface area contributed by atoms with Gasteiger partial charge in [0, 0.05) is 20.0 Å². The number of carbonyl (C=O) groups excluding carboxylic acids is 4. The van der Waals surface area contributed by atoms with Crippen molar-refractivity contribution in [2.24, 2.45) is 0 Å². The van der Waals surface area contributed by atoms with Crippen LogP contribution in [0.3, 0.4) is 0 Å². The standard InChI is InChI=1S/C41H44N8O5/c1-25(44-26(2)50)39(51)48-21-7-11-34(48)37-42-23-32(45-37)29-17-13-27(14-18-29)28-15-19-30(20-16-28)33-24-43-38(46-33)35-12-8-22-49(35)40(52)36(47-41(53)54-3)31-9-5-4-6-10-31/h4-6,9-10,13-20,23-25,34-36H,7-8,11-12,21-22H2,1-3H3,(H,42,45)(H,43,46)(H,44,50)(H,47,53)/t25-,34-,35-,36+/m0/s1. The Morgan fingerprint density at radius 2 is 1.19 bits per heavy atom. The van der Waals surface area contributed by atoms with Crippen molar-refractivity contribution in [3.63, 3.8) is 0 Å². The third-order valence-electron chi connectivity index (χ3n) is 10.2. The quantitative estimate of drug-likeness (QED) is 0.135. The van der Waals surface area contributed by atoms with E-state index in [4.69, 9.17) is 4.74 Å². The summed E-state index contributed by atoms with van der Waals surface area (Å²) >= 11 is 0. The number of H-pyrrole nitrogens is 2. The lowest BCUT2D eigenvalue weighted by Gasteiger charge is -2.28. The number of nitrogens with one attached hydrogen (secondary N) is 4. The minimum Gasteiger partial charge on any atom is -0.453 e. The smallest absolute Gasteiger partial charge is 0.407 e. The average Bonchev–Trinajstić information content (AvgIpc) is 4.03. The number of amides is 4. The molecule has 4 amide bonds. The fourth-order valence-corrected chi connectivity index (χ4v) is 7.51. The Kier molecular flexibility index (Phi) is 10.6. The molecule has 0 unspecified atom stereocenters. The van der Waals surface area contributed by atoms with Crippen LogP contribution in [0, 0.1) is 0 Å². The molecule has 54 heavy (non-hydrogen) atoms. The van der Waals surface area contributed by atoms with Gasteiger partial charge in [-0.15, -0.1) is 0 Å². The van der Waals surface area contributed by atoms with E-state index in [2.05, 4.69) is 67.0 Å². The van der Waals surface area contributed by atoms with Crippen molar-refractivity contribution in [2.75, 3.05) is 20.2 Å². The van der Waals surface area contributed by atoms with Gasteiger partial charge in [-0.1, -0.05) is 78.9 Å². The highest BCUT2D eigenvalue weighted by Gasteiger charge is 2.37. The topological polar surface area (TPSA) is 165 Å². The van der Waals surface area contributed by atoms with Crippen LogP contribution in [-0.4, -0.2) is 79.8 Å². The molecular weight excluding hydrogens is 685 g/mol. The molecule has 2 fully saturated rings. The van der Waals surface area contributed by atoms with E-state index in [0.29, 0.717) is 24.5 Å². The number of hydrogen-bond donors (Lipinski definition) is 4. The summed E-state index contributed by atoms with van der Waals surface area (Å²) in [6.07, 6.45) is 6.19. The highest BCUT2D eigenvalue weighted by atomic mass is 16.5. The molecule has 4 N–H and O–H groups in total. The second-order valence-corrected chi connectivity index (χ2v) is 13.8. The lowest BCUT2D eigenvalue weighted by atomic mass is 10.0. The first-order valence-corrected chi connectivity index (χ1v) is 18.3. The van der Waals surface area contributed by atoms with E-state index in [1.165, 1.54) is 14.0 Å². The normalized spacial score (nSPS) is 17.9.